The second-order valence-electron chi connectivity index (χ2n) is 9.69. The van der Waals surface area contributed by atoms with Crippen molar-refractivity contribution in [2.45, 2.75) is 49.3 Å². The molecule has 2 aromatic carbocycles. The van der Waals surface area contributed by atoms with Gasteiger partial charge >= 0.3 is 0 Å². The van der Waals surface area contributed by atoms with Gasteiger partial charge in [0, 0.05) is 24.9 Å². The van der Waals surface area contributed by atoms with Crippen LogP contribution in [-0.2, 0) is 25.9 Å². The highest BCUT2D eigenvalue weighted by Crippen LogP contribution is 2.30. The largest absolute Gasteiger partial charge is 0.492 e. The Bertz CT molecular complexity index is 1760. The van der Waals surface area contributed by atoms with Crippen molar-refractivity contribution in [3.8, 4) is 17.0 Å². The zero-order valence-corrected chi connectivity index (χ0v) is 24.0. The summed E-state index contributed by atoms with van der Waals surface area (Å²) in [5.74, 6) is -3.80. The molecule has 222 valence electrons. The molecular weight excluding hydrogens is 575 g/mol. The van der Waals surface area contributed by atoms with E-state index < -0.39 is 49.8 Å². The lowest BCUT2D eigenvalue weighted by atomic mass is 10.0. The molecule has 2 heterocycles. The molecule has 0 aliphatic carbocycles. The van der Waals surface area contributed by atoms with Crippen LogP contribution in [0.4, 0.5) is 13.2 Å². The molecule has 0 saturated carbocycles. The molecule has 0 fully saturated rings. The van der Waals surface area contributed by atoms with Crippen molar-refractivity contribution in [3.63, 3.8) is 0 Å². The minimum atomic E-state index is -4.70. The Kier molecular flexibility index (Phi) is 9.14. The smallest absolute Gasteiger partial charge is 0.277 e. The van der Waals surface area contributed by atoms with Crippen molar-refractivity contribution in [2.24, 2.45) is 0 Å². The number of hydrogen-bond acceptors (Lipinski definition) is 8. The fraction of sp³-hybridized carbons (Fsp3) is 0.276. The second kappa shape index (κ2) is 12.4. The van der Waals surface area contributed by atoms with Crippen LogP contribution in [0.5, 0.6) is 5.88 Å². The Hall–Kier alpha value is -4.07. The molecule has 1 unspecified atom stereocenters. The molecule has 0 radical (unpaired) electrons. The van der Waals surface area contributed by atoms with Gasteiger partial charge < -0.3 is 14.6 Å². The highest BCUT2D eigenvalue weighted by molar-refractivity contribution is 7.91. The van der Waals surface area contributed by atoms with Crippen LogP contribution < -0.4 is 5.56 Å². The predicted molar refractivity (Wildman–Crippen MR) is 146 cm³/mol. The standard InChI is InChI=1S/C29H28F3N3O6S/c1-16(2)41-15-25-34-28(36)26(29(37)35(25)24(14-40-4)19-11-20(30)13-21(31)12-19)42(38,39)22-7-5-18(6-8-22)23-9-10-33-27(32)17(23)3/h5-13,16,24,36H,14-15H2,1-4H3. The Labute approximate surface area is 240 Å². The first kappa shape index (κ1) is 30.9. The number of rotatable bonds is 10. The lowest BCUT2D eigenvalue weighted by Crippen LogP contribution is -2.35. The minimum Gasteiger partial charge on any atom is -0.492 e. The van der Waals surface area contributed by atoms with Crippen LogP contribution in [0.1, 0.15) is 36.8 Å². The van der Waals surface area contributed by atoms with Gasteiger partial charge in [0.1, 0.15) is 24.1 Å². The number of methoxy groups -OCH3 is 1. The van der Waals surface area contributed by atoms with Gasteiger partial charge in [0.05, 0.1) is 23.6 Å². The van der Waals surface area contributed by atoms with Crippen molar-refractivity contribution < 1.29 is 36.2 Å². The van der Waals surface area contributed by atoms with Crippen molar-refractivity contribution in [3.05, 3.63) is 99.6 Å². The van der Waals surface area contributed by atoms with Gasteiger partial charge in [-0.05, 0) is 67.8 Å². The molecule has 13 heteroatoms. The van der Waals surface area contributed by atoms with Crippen molar-refractivity contribution in [2.75, 3.05) is 13.7 Å². The van der Waals surface area contributed by atoms with Crippen LogP contribution in [0.25, 0.3) is 11.1 Å². The number of aromatic nitrogens is 3. The van der Waals surface area contributed by atoms with Crippen molar-refractivity contribution in [1.29, 1.82) is 0 Å². The summed E-state index contributed by atoms with van der Waals surface area (Å²) in [6.45, 7) is 4.30. The van der Waals surface area contributed by atoms with E-state index in [-0.39, 0.29) is 41.2 Å². The van der Waals surface area contributed by atoms with Crippen LogP contribution in [0.2, 0.25) is 0 Å². The normalized spacial score (nSPS) is 12.6. The van der Waals surface area contributed by atoms with Gasteiger partial charge in [0.2, 0.25) is 21.7 Å². The van der Waals surface area contributed by atoms with E-state index in [4.69, 9.17) is 9.47 Å². The van der Waals surface area contributed by atoms with Crippen molar-refractivity contribution in [1.82, 2.24) is 14.5 Å². The van der Waals surface area contributed by atoms with E-state index in [2.05, 4.69) is 9.97 Å². The molecule has 0 saturated heterocycles. The van der Waals surface area contributed by atoms with E-state index >= 15 is 0 Å². The molecule has 4 aromatic rings. The van der Waals surface area contributed by atoms with Gasteiger partial charge in [-0.2, -0.15) is 9.37 Å². The monoisotopic (exact) mass is 603 g/mol. The highest BCUT2D eigenvalue weighted by Gasteiger charge is 2.32. The second-order valence-corrected chi connectivity index (χ2v) is 11.6. The van der Waals surface area contributed by atoms with Crippen LogP contribution in [0.15, 0.2) is 69.3 Å². The maximum atomic E-state index is 14.2. The Balaban J connectivity index is 1.90. The van der Waals surface area contributed by atoms with Gasteiger partial charge in [0.25, 0.3) is 5.56 Å². The summed E-state index contributed by atoms with van der Waals surface area (Å²) in [5, 5.41) is 10.8. The summed E-state index contributed by atoms with van der Waals surface area (Å²) in [6.07, 6.45) is 0.935. The SMILES string of the molecule is COCC(c1cc(F)cc(F)c1)n1c(COC(C)C)nc(O)c(S(=O)(=O)c2ccc(-c3ccnc(F)c3C)cc2)c1=O. The molecule has 1 atom stereocenters. The molecule has 9 nitrogen and oxygen atoms in total. The molecule has 4 rings (SSSR count). The molecule has 1 N–H and O–H groups in total. The molecule has 0 bridgehead atoms. The van der Waals surface area contributed by atoms with E-state index in [1.165, 1.54) is 44.5 Å². The van der Waals surface area contributed by atoms with E-state index in [0.29, 0.717) is 17.2 Å². The number of nitrogens with zero attached hydrogens (tertiary/aromatic N) is 3. The summed E-state index contributed by atoms with van der Waals surface area (Å²) in [5.41, 5.74) is -0.00959. The zero-order valence-electron chi connectivity index (χ0n) is 23.1. The van der Waals surface area contributed by atoms with Crippen LogP contribution in [-0.4, -0.2) is 47.9 Å². The van der Waals surface area contributed by atoms with Crippen molar-refractivity contribution >= 4 is 9.84 Å². The Morgan fingerprint density at radius 3 is 2.26 bits per heavy atom. The predicted octanol–water partition coefficient (Wildman–Crippen LogP) is 4.73. The third kappa shape index (κ3) is 6.22. The fourth-order valence-electron chi connectivity index (χ4n) is 4.45. The molecule has 0 amide bonds. The molecule has 42 heavy (non-hydrogen) atoms. The van der Waals surface area contributed by atoms with E-state index in [0.717, 1.165) is 16.7 Å². The summed E-state index contributed by atoms with van der Waals surface area (Å²) in [4.78, 5) is 20.1. The van der Waals surface area contributed by atoms with Gasteiger partial charge in [-0.15, -0.1) is 0 Å². The molecule has 0 aliphatic rings. The van der Waals surface area contributed by atoms with Gasteiger partial charge in [-0.1, -0.05) is 12.1 Å². The topological polar surface area (TPSA) is 121 Å². The number of halogens is 3. The fourth-order valence-corrected chi connectivity index (χ4v) is 5.79. The average molecular weight is 604 g/mol. The lowest BCUT2D eigenvalue weighted by molar-refractivity contribution is 0.0557. The van der Waals surface area contributed by atoms with Crippen LogP contribution in [0, 0.1) is 24.5 Å². The quantitative estimate of drug-likeness (QED) is 0.259. The Morgan fingerprint density at radius 1 is 1.02 bits per heavy atom. The third-order valence-electron chi connectivity index (χ3n) is 6.47. The van der Waals surface area contributed by atoms with Gasteiger partial charge in [0.15, 0.2) is 4.90 Å². The minimum absolute atomic E-state index is 0.0395. The highest BCUT2D eigenvalue weighted by atomic mass is 32.2. The van der Waals surface area contributed by atoms with Gasteiger partial charge in [-0.25, -0.2) is 22.2 Å². The number of ether oxygens (including phenoxy) is 2. The van der Waals surface area contributed by atoms with E-state index in [1.54, 1.807) is 19.9 Å². The molecular formula is C29H28F3N3O6S. The van der Waals surface area contributed by atoms with Gasteiger partial charge in [-0.3, -0.25) is 9.36 Å². The third-order valence-corrected chi connectivity index (χ3v) is 8.26. The first-order valence-electron chi connectivity index (χ1n) is 12.7. The maximum Gasteiger partial charge on any atom is 0.277 e. The number of hydrogen-bond donors (Lipinski definition) is 1. The molecule has 2 aromatic heterocycles. The van der Waals surface area contributed by atoms with Crippen LogP contribution >= 0.6 is 0 Å². The number of pyridine rings is 1. The van der Waals surface area contributed by atoms with E-state index in [9.17, 15) is 31.5 Å². The first-order valence-corrected chi connectivity index (χ1v) is 14.2. The summed E-state index contributed by atoms with van der Waals surface area (Å²) in [6, 6.07) is 8.19. The number of benzene rings is 2. The molecule has 0 aliphatic heterocycles. The first-order chi connectivity index (χ1) is 19.8. The van der Waals surface area contributed by atoms with E-state index in [1.807, 2.05) is 0 Å². The Morgan fingerprint density at radius 2 is 1.67 bits per heavy atom. The molecule has 0 spiro atoms. The lowest BCUT2D eigenvalue weighted by Gasteiger charge is -2.24. The number of aromatic hydroxyl groups is 1. The summed E-state index contributed by atoms with van der Waals surface area (Å²) >= 11 is 0. The van der Waals surface area contributed by atoms with Crippen LogP contribution in [0.3, 0.4) is 0 Å². The zero-order chi connectivity index (χ0) is 30.8. The summed E-state index contributed by atoms with van der Waals surface area (Å²) in [7, 11) is -3.40. The maximum absolute atomic E-state index is 14.2. The number of sulfone groups is 1. The average Bonchev–Trinajstić information content (AvgIpc) is 2.92. The summed E-state index contributed by atoms with van der Waals surface area (Å²) < 4.78 is 81.5.